The van der Waals surface area contributed by atoms with Crippen molar-refractivity contribution in [1.29, 1.82) is 0 Å². The van der Waals surface area contributed by atoms with Crippen LogP contribution >= 0.6 is 0 Å². The Balaban J connectivity index is 3.76. The van der Waals surface area contributed by atoms with Gasteiger partial charge in [-0.15, -0.1) is 0 Å². The number of hydrogen-bond acceptors (Lipinski definition) is 3. The second-order valence-corrected chi connectivity index (χ2v) is 10.6. The van der Waals surface area contributed by atoms with E-state index >= 15 is 0 Å². The summed E-state index contributed by atoms with van der Waals surface area (Å²) in [6.07, 6.45) is 2.61. The molecule has 0 saturated carbocycles. The van der Waals surface area contributed by atoms with Gasteiger partial charge in [0.1, 0.15) is 6.29 Å². The maximum Gasteiger partial charge on any atom is 0.192 e. The predicted octanol–water partition coefficient (Wildman–Crippen LogP) is 3.17. The Hall–Kier alpha value is -0.453. The molecule has 0 heterocycles. The van der Waals surface area contributed by atoms with Crippen LogP contribution in [0, 0.1) is 0 Å². The van der Waals surface area contributed by atoms with Gasteiger partial charge >= 0.3 is 0 Å². The van der Waals surface area contributed by atoms with Crippen LogP contribution in [0.5, 0.6) is 0 Å². The Morgan fingerprint density at radius 2 is 1.82 bits per heavy atom. The molecule has 3 nitrogen and oxygen atoms in total. The molecule has 0 rings (SSSR count). The van der Waals surface area contributed by atoms with E-state index in [4.69, 9.17) is 9.16 Å². The Morgan fingerprint density at radius 1 is 1.24 bits per heavy atom. The van der Waals surface area contributed by atoms with Gasteiger partial charge in [0.05, 0.1) is 19.8 Å². The van der Waals surface area contributed by atoms with Crippen molar-refractivity contribution in [2.24, 2.45) is 0 Å². The first-order valence-corrected chi connectivity index (χ1v) is 8.95. The van der Waals surface area contributed by atoms with Crippen LogP contribution in [0.1, 0.15) is 27.7 Å². The summed E-state index contributed by atoms with van der Waals surface area (Å²) in [6, 6.07) is 0. The molecule has 0 atom stereocenters. The highest BCUT2D eigenvalue weighted by molar-refractivity contribution is 6.74. The third-order valence-electron chi connectivity index (χ3n) is 3.21. The number of carbonyl (C=O) groups excluding carboxylic acids is 1. The molecule has 0 unspecified atom stereocenters. The lowest BCUT2D eigenvalue weighted by Crippen LogP contribution is -2.41. The maximum atomic E-state index is 10.3. The van der Waals surface area contributed by atoms with Gasteiger partial charge in [-0.05, 0) is 30.6 Å². The van der Waals surface area contributed by atoms with Gasteiger partial charge in [-0.25, -0.2) is 0 Å². The lowest BCUT2D eigenvalue weighted by molar-refractivity contribution is -0.104. The van der Waals surface area contributed by atoms with E-state index in [0.717, 1.165) is 6.29 Å². The molecule has 0 aliphatic heterocycles. The number of allylic oxidation sites excluding steroid dienone is 1. The molecule has 0 fully saturated rings. The maximum absolute atomic E-state index is 10.3. The lowest BCUT2D eigenvalue weighted by atomic mass is 10.2. The van der Waals surface area contributed by atoms with E-state index in [0.29, 0.717) is 25.4 Å². The molecule has 0 N–H and O–H groups in total. The number of ether oxygens (including phenoxy) is 1. The minimum atomic E-state index is -1.65. The van der Waals surface area contributed by atoms with E-state index < -0.39 is 8.32 Å². The van der Waals surface area contributed by atoms with Gasteiger partial charge in [0.15, 0.2) is 8.32 Å². The fourth-order valence-electron chi connectivity index (χ4n) is 0.894. The number of aldehydes is 1. The van der Waals surface area contributed by atoms with Crippen LogP contribution < -0.4 is 0 Å². The predicted molar refractivity (Wildman–Crippen MR) is 73.8 cm³/mol. The molecule has 17 heavy (non-hydrogen) atoms. The summed E-state index contributed by atoms with van der Waals surface area (Å²) in [4.78, 5) is 10.3. The van der Waals surface area contributed by atoms with Crippen molar-refractivity contribution < 1.29 is 14.0 Å². The van der Waals surface area contributed by atoms with E-state index in [1.807, 2.05) is 0 Å². The summed E-state index contributed by atoms with van der Waals surface area (Å²) in [5, 5.41) is 0.237. The minimum Gasteiger partial charge on any atom is -0.414 e. The van der Waals surface area contributed by atoms with Crippen molar-refractivity contribution in [2.45, 2.75) is 45.8 Å². The summed E-state index contributed by atoms with van der Waals surface area (Å²) < 4.78 is 11.3. The molecule has 0 saturated heterocycles. The average Bonchev–Trinajstić information content (AvgIpc) is 2.21. The lowest BCUT2D eigenvalue weighted by Gasteiger charge is -2.36. The van der Waals surface area contributed by atoms with E-state index in [1.165, 1.54) is 0 Å². The van der Waals surface area contributed by atoms with Crippen LogP contribution in [0.3, 0.4) is 0 Å². The van der Waals surface area contributed by atoms with E-state index in [2.05, 4.69) is 33.9 Å². The zero-order valence-electron chi connectivity index (χ0n) is 12.0. The Kier molecular flexibility index (Phi) is 6.90. The third kappa shape index (κ3) is 6.76. The third-order valence-corrected chi connectivity index (χ3v) is 7.74. The van der Waals surface area contributed by atoms with Crippen LogP contribution in [0.2, 0.25) is 18.1 Å². The zero-order valence-corrected chi connectivity index (χ0v) is 13.0. The van der Waals surface area contributed by atoms with Gasteiger partial charge in [-0.3, -0.25) is 4.79 Å². The molecule has 0 aromatic rings. The summed E-state index contributed by atoms with van der Waals surface area (Å²) in [5.74, 6) is 0. The monoisotopic (exact) mass is 258 g/mol. The van der Waals surface area contributed by atoms with Gasteiger partial charge < -0.3 is 9.16 Å². The van der Waals surface area contributed by atoms with Crippen molar-refractivity contribution >= 4 is 14.6 Å². The van der Waals surface area contributed by atoms with E-state index in [-0.39, 0.29) is 5.04 Å². The van der Waals surface area contributed by atoms with Crippen LogP contribution in [0.4, 0.5) is 0 Å². The second-order valence-electron chi connectivity index (χ2n) is 5.75. The molecule has 0 radical (unpaired) electrons. The summed E-state index contributed by atoms with van der Waals surface area (Å²) in [5.41, 5.74) is 0.704. The topological polar surface area (TPSA) is 35.5 Å². The first kappa shape index (κ1) is 16.5. The molecule has 0 bridgehead atoms. The molecule has 0 aromatic carbocycles. The molecule has 100 valence electrons. The average molecular weight is 258 g/mol. The smallest absolute Gasteiger partial charge is 0.192 e. The second kappa shape index (κ2) is 7.09. The normalized spacial score (nSPS) is 13.9. The number of carbonyl (C=O) groups is 1. The minimum absolute atomic E-state index is 0.237. The van der Waals surface area contributed by atoms with Crippen molar-refractivity contribution in [3.8, 4) is 0 Å². The molecule has 4 heteroatoms. The standard InChI is InChI=1S/C13H26O3Si/c1-12(11-14)7-8-15-9-10-16-17(5,6)13(2,3)4/h7,11H,8-10H2,1-6H3/b12-7+. The molecule has 0 aliphatic rings. The van der Waals surface area contributed by atoms with Gasteiger partial charge in [-0.2, -0.15) is 0 Å². The van der Waals surface area contributed by atoms with Crippen molar-refractivity contribution in [3.05, 3.63) is 11.6 Å². The van der Waals surface area contributed by atoms with E-state index in [9.17, 15) is 4.79 Å². The fourth-order valence-corrected chi connectivity index (χ4v) is 1.92. The van der Waals surface area contributed by atoms with Crippen LogP contribution in [0.25, 0.3) is 0 Å². The van der Waals surface area contributed by atoms with Crippen LogP contribution in [0.15, 0.2) is 11.6 Å². The Bertz CT molecular complexity index is 264. The molecule has 0 amide bonds. The van der Waals surface area contributed by atoms with Gasteiger partial charge in [0, 0.05) is 0 Å². The largest absolute Gasteiger partial charge is 0.414 e. The Labute approximate surface area is 106 Å². The van der Waals surface area contributed by atoms with Gasteiger partial charge in [-0.1, -0.05) is 26.8 Å². The number of hydrogen-bond donors (Lipinski definition) is 0. The molecular formula is C13H26O3Si. The van der Waals surface area contributed by atoms with Crippen molar-refractivity contribution in [1.82, 2.24) is 0 Å². The Morgan fingerprint density at radius 3 is 2.29 bits per heavy atom. The highest BCUT2D eigenvalue weighted by Crippen LogP contribution is 2.36. The molecule has 0 aliphatic carbocycles. The van der Waals surface area contributed by atoms with E-state index in [1.54, 1.807) is 13.0 Å². The fraction of sp³-hybridized carbons (Fsp3) is 0.769. The molecular weight excluding hydrogens is 232 g/mol. The van der Waals surface area contributed by atoms with Gasteiger partial charge in [0.25, 0.3) is 0 Å². The van der Waals surface area contributed by atoms with Crippen LogP contribution in [-0.4, -0.2) is 34.4 Å². The summed E-state index contributed by atoms with van der Waals surface area (Å²) >= 11 is 0. The SMILES string of the molecule is C/C(C=O)=C\COCCO[Si](C)(C)C(C)(C)C. The summed E-state index contributed by atoms with van der Waals surface area (Å²) in [6.45, 7) is 14.6. The first-order chi connectivity index (χ1) is 7.70. The molecule has 0 aromatic heterocycles. The summed E-state index contributed by atoms with van der Waals surface area (Å²) in [7, 11) is -1.65. The van der Waals surface area contributed by atoms with Crippen LogP contribution in [-0.2, 0) is 14.0 Å². The molecule has 0 spiro atoms. The number of rotatable bonds is 7. The first-order valence-electron chi connectivity index (χ1n) is 6.04. The highest BCUT2D eigenvalue weighted by Gasteiger charge is 2.36. The van der Waals surface area contributed by atoms with Gasteiger partial charge in [0.2, 0.25) is 0 Å². The quantitative estimate of drug-likeness (QED) is 0.304. The highest BCUT2D eigenvalue weighted by atomic mass is 28.4. The van der Waals surface area contributed by atoms with Crippen molar-refractivity contribution in [2.75, 3.05) is 19.8 Å². The van der Waals surface area contributed by atoms with Crippen molar-refractivity contribution in [3.63, 3.8) is 0 Å². The zero-order chi connectivity index (χ0) is 13.5.